The van der Waals surface area contributed by atoms with Gasteiger partial charge in [0.05, 0.1) is 25.6 Å². The molecule has 0 unspecified atom stereocenters. The molecule has 1 heterocycles. The number of hydrogen-bond acceptors (Lipinski definition) is 7. The molecule has 25 heavy (non-hydrogen) atoms. The number of carbonyl (C=O) groups excluding carboxylic acids is 2. The summed E-state index contributed by atoms with van der Waals surface area (Å²) in [5, 5.41) is 4.79. The molecule has 2 aromatic rings. The minimum atomic E-state index is -0.647. The van der Waals surface area contributed by atoms with E-state index in [9.17, 15) is 9.59 Å². The number of nitrogens with one attached hydrogen (secondary N) is 2. The Morgan fingerprint density at radius 1 is 1.00 bits per heavy atom. The van der Waals surface area contributed by atoms with Crippen LogP contribution in [0.5, 0.6) is 5.75 Å². The zero-order valence-electron chi connectivity index (χ0n) is 14.2. The predicted molar refractivity (Wildman–Crippen MR) is 96.4 cm³/mol. The van der Waals surface area contributed by atoms with Gasteiger partial charge in [-0.05, 0) is 24.3 Å². The van der Waals surface area contributed by atoms with E-state index in [0.717, 1.165) is 5.75 Å². The number of carbonyl (C=O) groups is 2. The van der Waals surface area contributed by atoms with Gasteiger partial charge >= 0.3 is 6.09 Å². The van der Waals surface area contributed by atoms with Gasteiger partial charge < -0.3 is 26.3 Å². The van der Waals surface area contributed by atoms with Gasteiger partial charge in [0.15, 0.2) is 5.82 Å². The van der Waals surface area contributed by atoms with Crippen LogP contribution < -0.4 is 26.8 Å². The second-order valence-electron chi connectivity index (χ2n) is 4.67. The molecule has 0 spiro atoms. The lowest BCUT2D eigenvalue weighted by atomic mass is 10.3. The van der Waals surface area contributed by atoms with Crippen LogP contribution in [-0.4, -0.2) is 31.2 Å². The van der Waals surface area contributed by atoms with E-state index in [1.54, 1.807) is 13.2 Å². The molecule has 1 aromatic carbocycles. The highest BCUT2D eigenvalue weighted by molar-refractivity contribution is 5.91. The van der Waals surface area contributed by atoms with Crippen molar-refractivity contribution in [3.8, 4) is 5.75 Å². The fourth-order valence-corrected chi connectivity index (χ4v) is 1.63. The van der Waals surface area contributed by atoms with Crippen molar-refractivity contribution in [2.45, 2.75) is 6.92 Å². The number of rotatable bonds is 3. The van der Waals surface area contributed by atoms with Crippen LogP contribution in [0.3, 0.4) is 0 Å². The van der Waals surface area contributed by atoms with Gasteiger partial charge in [0.1, 0.15) is 11.6 Å². The molecule has 2 rings (SSSR count). The molecule has 9 nitrogen and oxygen atoms in total. The van der Waals surface area contributed by atoms with Crippen molar-refractivity contribution in [2.24, 2.45) is 0 Å². The Morgan fingerprint density at radius 3 is 2.20 bits per heavy atom. The maximum Gasteiger partial charge on any atom is 0.412 e. The van der Waals surface area contributed by atoms with Gasteiger partial charge in [-0.15, -0.1) is 0 Å². The number of amides is 2. The normalized spacial score (nSPS) is 9.24. The molecule has 1 aromatic heterocycles. The molecule has 9 heteroatoms. The van der Waals surface area contributed by atoms with Crippen LogP contribution in [0.25, 0.3) is 0 Å². The van der Waals surface area contributed by atoms with E-state index >= 15 is 0 Å². The number of ether oxygens (including phenoxy) is 2. The average molecular weight is 347 g/mol. The van der Waals surface area contributed by atoms with E-state index in [2.05, 4.69) is 20.4 Å². The van der Waals surface area contributed by atoms with Gasteiger partial charge in [-0.3, -0.25) is 10.1 Å². The van der Waals surface area contributed by atoms with E-state index in [1.165, 1.54) is 26.2 Å². The summed E-state index contributed by atoms with van der Waals surface area (Å²) >= 11 is 0. The van der Waals surface area contributed by atoms with Gasteiger partial charge in [0.2, 0.25) is 5.91 Å². The van der Waals surface area contributed by atoms with Crippen molar-refractivity contribution in [3.05, 3.63) is 36.4 Å². The summed E-state index contributed by atoms with van der Waals surface area (Å²) in [6.45, 7) is 1.33. The van der Waals surface area contributed by atoms with Gasteiger partial charge in [0, 0.05) is 6.92 Å². The number of aromatic nitrogens is 1. The highest BCUT2D eigenvalue weighted by atomic mass is 16.5. The topological polar surface area (TPSA) is 142 Å². The Balaban J connectivity index is 0.000000293. The molecule has 0 aliphatic heterocycles. The molecule has 2 amide bonds. The smallest absolute Gasteiger partial charge is 0.412 e. The highest BCUT2D eigenvalue weighted by Crippen LogP contribution is 2.19. The third-order valence-electron chi connectivity index (χ3n) is 2.78. The van der Waals surface area contributed by atoms with Gasteiger partial charge in [-0.25, -0.2) is 9.78 Å². The number of methoxy groups -OCH3 is 2. The lowest BCUT2D eigenvalue weighted by molar-refractivity contribution is -0.114. The third-order valence-corrected chi connectivity index (χ3v) is 2.78. The van der Waals surface area contributed by atoms with E-state index in [0.29, 0.717) is 11.4 Å². The maximum absolute atomic E-state index is 10.9. The molecule has 134 valence electrons. The summed E-state index contributed by atoms with van der Waals surface area (Å²) in [4.78, 5) is 25.7. The molecule has 0 atom stereocenters. The van der Waals surface area contributed by atoms with Crippen LogP contribution in [0.15, 0.2) is 36.4 Å². The number of anilines is 4. The van der Waals surface area contributed by atoms with Crippen LogP contribution in [0.2, 0.25) is 0 Å². The Hall–Kier alpha value is -3.49. The number of nitrogens with two attached hydrogens (primary N) is 2. The summed E-state index contributed by atoms with van der Waals surface area (Å²) in [6, 6.07) is 10.4. The summed E-state index contributed by atoms with van der Waals surface area (Å²) < 4.78 is 9.32. The maximum atomic E-state index is 10.9. The third kappa shape index (κ3) is 6.65. The zero-order valence-corrected chi connectivity index (χ0v) is 14.2. The van der Waals surface area contributed by atoms with Crippen LogP contribution in [0.1, 0.15) is 6.92 Å². The van der Waals surface area contributed by atoms with Crippen molar-refractivity contribution in [1.29, 1.82) is 0 Å². The number of pyridine rings is 1. The van der Waals surface area contributed by atoms with Gasteiger partial charge in [-0.2, -0.15) is 0 Å². The van der Waals surface area contributed by atoms with Crippen molar-refractivity contribution in [2.75, 3.05) is 36.3 Å². The Morgan fingerprint density at radius 2 is 1.68 bits per heavy atom. The van der Waals surface area contributed by atoms with E-state index < -0.39 is 6.09 Å². The number of nitrogen functional groups attached to an aromatic ring is 2. The summed E-state index contributed by atoms with van der Waals surface area (Å²) in [5.41, 5.74) is 12.1. The molecular weight excluding hydrogens is 326 g/mol. The van der Waals surface area contributed by atoms with Crippen LogP contribution >= 0.6 is 0 Å². The van der Waals surface area contributed by atoms with E-state index in [4.69, 9.17) is 16.2 Å². The quantitative estimate of drug-likeness (QED) is 0.623. The first kappa shape index (κ1) is 19.6. The van der Waals surface area contributed by atoms with Gasteiger partial charge in [0.25, 0.3) is 0 Å². The standard InChI is InChI=1S/C9H12N4O3.C7H9NO/c1-5(14)11-8-6(10)3-4-7(12-8)13-9(15)16-2;1-9-7-5-3-2-4-6(7)8/h3-4H,10H2,1-2H3,(H2,11,12,13,14,15);2-5H,8H2,1H3. The molecular formula is C16H21N5O4. The lowest BCUT2D eigenvalue weighted by Crippen LogP contribution is -2.14. The fraction of sp³-hybridized carbons (Fsp3) is 0.188. The van der Waals surface area contributed by atoms with Crippen molar-refractivity contribution >= 4 is 35.0 Å². The number of para-hydroxylation sites is 2. The molecule has 0 aliphatic rings. The molecule has 0 saturated heterocycles. The monoisotopic (exact) mass is 347 g/mol. The minimum Gasteiger partial charge on any atom is -0.495 e. The molecule has 0 saturated carbocycles. The molecule has 0 radical (unpaired) electrons. The predicted octanol–water partition coefficient (Wildman–Crippen LogP) is 2.08. The molecule has 0 fully saturated rings. The van der Waals surface area contributed by atoms with Crippen molar-refractivity contribution in [1.82, 2.24) is 4.98 Å². The highest BCUT2D eigenvalue weighted by Gasteiger charge is 2.07. The summed E-state index contributed by atoms with van der Waals surface area (Å²) in [5.74, 6) is 0.873. The molecule has 0 aliphatic carbocycles. The lowest BCUT2D eigenvalue weighted by Gasteiger charge is -2.08. The Labute approximate surface area is 145 Å². The van der Waals surface area contributed by atoms with Crippen molar-refractivity contribution < 1.29 is 19.1 Å². The second kappa shape index (κ2) is 9.60. The average Bonchev–Trinajstić information content (AvgIpc) is 2.58. The Bertz CT molecular complexity index is 736. The van der Waals surface area contributed by atoms with Crippen LogP contribution in [0, 0.1) is 0 Å². The first-order valence-corrected chi connectivity index (χ1v) is 7.15. The largest absolute Gasteiger partial charge is 0.495 e. The first-order chi connectivity index (χ1) is 11.9. The Kier molecular flexibility index (Phi) is 7.51. The number of hydrogen-bond donors (Lipinski definition) is 4. The SMILES string of the molecule is COC(=O)Nc1ccc(N)c(NC(C)=O)n1.COc1ccccc1N. The minimum absolute atomic E-state index is 0.196. The van der Waals surface area contributed by atoms with E-state index in [-0.39, 0.29) is 17.5 Å². The van der Waals surface area contributed by atoms with Gasteiger partial charge in [-0.1, -0.05) is 12.1 Å². The molecule has 0 bridgehead atoms. The van der Waals surface area contributed by atoms with E-state index in [1.807, 2.05) is 18.2 Å². The summed E-state index contributed by atoms with van der Waals surface area (Å²) in [7, 11) is 2.84. The van der Waals surface area contributed by atoms with Crippen molar-refractivity contribution in [3.63, 3.8) is 0 Å². The second-order valence-corrected chi connectivity index (χ2v) is 4.67. The first-order valence-electron chi connectivity index (χ1n) is 7.15. The summed E-state index contributed by atoms with van der Waals surface area (Å²) in [6.07, 6.45) is -0.647. The fourth-order valence-electron chi connectivity index (χ4n) is 1.63. The van der Waals surface area contributed by atoms with Crippen LogP contribution in [0.4, 0.5) is 27.8 Å². The molecule has 6 N–H and O–H groups in total. The van der Waals surface area contributed by atoms with Crippen LogP contribution in [-0.2, 0) is 9.53 Å². The number of benzene rings is 1. The number of nitrogens with zero attached hydrogens (tertiary/aromatic N) is 1. The zero-order chi connectivity index (χ0) is 18.8.